The largest absolute Gasteiger partial charge is 0.490 e. The Hall–Kier alpha value is -1.31. The Labute approximate surface area is 103 Å². The van der Waals surface area contributed by atoms with Crippen molar-refractivity contribution < 1.29 is 9.53 Å². The van der Waals surface area contributed by atoms with Gasteiger partial charge in [-0.25, -0.2) is 0 Å². The van der Waals surface area contributed by atoms with Crippen LogP contribution in [0.4, 0.5) is 0 Å². The summed E-state index contributed by atoms with van der Waals surface area (Å²) < 4.78 is 5.84. The van der Waals surface area contributed by atoms with Gasteiger partial charge in [0.2, 0.25) is 0 Å². The molecule has 92 valence electrons. The molecule has 1 saturated carbocycles. The fourth-order valence-corrected chi connectivity index (χ4v) is 2.21. The predicted molar refractivity (Wildman–Crippen MR) is 68.4 cm³/mol. The van der Waals surface area contributed by atoms with Gasteiger partial charge in [0.25, 0.3) is 0 Å². The number of carbonyl (C=O) groups is 1. The molecule has 1 aromatic carbocycles. The number of Topliss-reactive ketones (excluding diaryl/α,β-unsaturated/α-hetero) is 1. The number of hydrogen-bond acceptors (Lipinski definition) is 2. The molecule has 0 bridgehead atoms. The Morgan fingerprint density at radius 1 is 1.24 bits per heavy atom. The van der Waals surface area contributed by atoms with Crippen LogP contribution in [0, 0.1) is 0 Å². The summed E-state index contributed by atoms with van der Waals surface area (Å²) in [5, 5.41) is 0. The van der Waals surface area contributed by atoms with Gasteiger partial charge in [0.1, 0.15) is 17.6 Å². The molecule has 1 aliphatic carbocycles. The highest BCUT2D eigenvalue weighted by Gasteiger charge is 2.20. The van der Waals surface area contributed by atoms with E-state index in [1.807, 2.05) is 12.1 Å². The zero-order valence-corrected chi connectivity index (χ0v) is 10.6. The van der Waals surface area contributed by atoms with Crippen molar-refractivity contribution in [1.29, 1.82) is 0 Å². The molecule has 1 aliphatic rings. The van der Waals surface area contributed by atoms with E-state index in [0.717, 1.165) is 25.0 Å². The van der Waals surface area contributed by atoms with Gasteiger partial charge in [0, 0.05) is 12.8 Å². The van der Waals surface area contributed by atoms with E-state index in [-0.39, 0.29) is 6.10 Å². The van der Waals surface area contributed by atoms with Crippen LogP contribution in [-0.4, -0.2) is 11.9 Å². The van der Waals surface area contributed by atoms with Crippen LogP contribution >= 0.6 is 0 Å². The molecule has 2 nitrogen and oxygen atoms in total. The maximum absolute atomic E-state index is 11.3. The van der Waals surface area contributed by atoms with Crippen molar-refractivity contribution in [3.05, 3.63) is 29.8 Å². The first-order chi connectivity index (χ1) is 8.15. The molecule has 0 aromatic heterocycles. The summed E-state index contributed by atoms with van der Waals surface area (Å²) in [4.78, 5) is 11.3. The minimum absolute atomic E-state index is 0.0844. The van der Waals surface area contributed by atoms with Crippen molar-refractivity contribution in [3.63, 3.8) is 0 Å². The molecule has 0 saturated heterocycles. The monoisotopic (exact) mass is 232 g/mol. The first kappa shape index (κ1) is 12.2. The molecule has 0 radical (unpaired) electrons. The van der Waals surface area contributed by atoms with Gasteiger partial charge in [-0.05, 0) is 36.5 Å². The molecule has 1 aromatic rings. The minimum atomic E-state index is 0.0844. The van der Waals surface area contributed by atoms with Crippen LogP contribution in [0.25, 0.3) is 0 Å². The summed E-state index contributed by atoms with van der Waals surface area (Å²) in [7, 11) is 0. The van der Waals surface area contributed by atoms with Crippen molar-refractivity contribution in [1.82, 2.24) is 0 Å². The van der Waals surface area contributed by atoms with Crippen molar-refractivity contribution >= 4 is 5.78 Å². The smallest absolute Gasteiger partial charge is 0.136 e. The molecule has 0 spiro atoms. The summed E-state index contributed by atoms with van der Waals surface area (Å²) in [6.07, 6.45) is 3.35. The number of ketones is 1. The van der Waals surface area contributed by atoms with E-state index in [4.69, 9.17) is 4.74 Å². The lowest BCUT2D eigenvalue weighted by Crippen LogP contribution is -2.25. The standard InChI is InChI=1S/C15H20O2/c1-11(2)12-6-8-14(9-7-12)17-15-5-3-4-13(16)10-15/h6-9,11,15H,3-5,10H2,1-2H3. The number of hydrogen-bond donors (Lipinski definition) is 0. The van der Waals surface area contributed by atoms with Crippen LogP contribution in [0.3, 0.4) is 0 Å². The second-order valence-corrected chi connectivity index (χ2v) is 5.10. The maximum Gasteiger partial charge on any atom is 0.136 e. The fourth-order valence-electron chi connectivity index (χ4n) is 2.21. The van der Waals surface area contributed by atoms with E-state index in [0.29, 0.717) is 18.1 Å². The summed E-state index contributed by atoms with van der Waals surface area (Å²) in [6, 6.07) is 8.22. The molecule has 0 amide bonds. The van der Waals surface area contributed by atoms with Crippen LogP contribution in [0.5, 0.6) is 5.75 Å². The number of ether oxygens (including phenoxy) is 1. The van der Waals surface area contributed by atoms with E-state index < -0.39 is 0 Å². The molecule has 1 unspecified atom stereocenters. The van der Waals surface area contributed by atoms with Crippen LogP contribution in [-0.2, 0) is 4.79 Å². The zero-order valence-electron chi connectivity index (χ0n) is 10.6. The van der Waals surface area contributed by atoms with Crippen LogP contribution in [0.2, 0.25) is 0 Å². The minimum Gasteiger partial charge on any atom is -0.490 e. The van der Waals surface area contributed by atoms with Crippen molar-refractivity contribution in [2.75, 3.05) is 0 Å². The lowest BCUT2D eigenvalue weighted by Gasteiger charge is -2.22. The van der Waals surface area contributed by atoms with Crippen molar-refractivity contribution in [3.8, 4) is 5.75 Å². The molecule has 17 heavy (non-hydrogen) atoms. The first-order valence-corrected chi connectivity index (χ1v) is 6.43. The molecule has 2 heteroatoms. The Balaban J connectivity index is 1.96. The molecule has 2 rings (SSSR count). The van der Waals surface area contributed by atoms with Gasteiger partial charge in [-0.1, -0.05) is 26.0 Å². The Morgan fingerprint density at radius 3 is 2.53 bits per heavy atom. The van der Waals surface area contributed by atoms with Gasteiger partial charge in [0.05, 0.1) is 0 Å². The second kappa shape index (κ2) is 5.35. The van der Waals surface area contributed by atoms with Crippen LogP contribution < -0.4 is 4.74 Å². The highest BCUT2D eigenvalue weighted by atomic mass is 16.5. The lowest BCUT2D eigenvalue weighted by molar-refractivity contribution is -0.122. The lowest BCUT2D eigenvalue weighted by atomic mass is 9.96. The highest BCUT2D eigenvalue weighted by molar-refractivity contribution is 5.79. The number of carbonyl (C=O) groups excluding carboxylic acids is 1. The van der Waals surface area contributed by atoms with Crippen LogP contribution in [0.1, 0.15) is 51.0 Å². The van der Waals surface area contributed by atoms with E-state index >= 15 is 0 Å². The van der Waals surface area contributed by atoms with E-state index in [1.54, 1.807) is 0 Å². The predicted octanol–water partition coefficient (Wildman–Crippen LogP) is 3.70. The second-order valence-electron chi connectivity index (χ2n) is 5.10. The Bertz CT molecular complexity index is 378. The quantitative estimate of drug-likeness (QED) is 0.794. The summed E-state index contributed by atoms with van der Waals surface area (Å²) in [5.41, 5.74) is 1.32. The molecular weight excluding hydrogens is 212 g/mol. The Morgan fingerprint density at radius 2 is 1.94 bits per heavy atom. The summed E-state index contributed by atoms with van der Waals surface area (Å²) in [6.45, 7) is 4.35. The van der Waals surface area contributed by atoms with Gasteiger partial charge in [-0.3, -0.25) is 4.79 Å². The third kappa shape index (κ3) is 3.32. The topological polar surface area (TPSA) is 26.3 Å². The fraction of sp³-hybridized carbons (Fsp3) is 0.533. The SMILES string of the molecule is CC(C)c1ccc(OC2CCCC(=O)C2)cc1. The van der Waals surface area contributed by atoms with Gasteiger partial charge < -0.3 is 4.74 Å². The molecule has 0 heterocycles. The zero-order chi connectivity index (χ0) is 12.3. The van der Waals surface area contributed by atoms with Gasteiger partial charge in [0.15, 0.2) is 0 Å². The molecule has 0 aliphatic heterocycles. The molecule has 1 atom stereocenters. The maximum atomic E-state index is 11.3. The molecular formula is C15H20O2. The first-order valence-electron chi connectivity index (χ1n) is 6.43. The van der Waals surface area contributed by atoms with E-state index in [1.165, 1.54) is 5.56 Å². The van der Waals surface area contributed by atoms with E-state index in [2.05, 4.69) is 26.0 Å². The highest BCUT2D eigenvalue weighted by Crippen LogP contribution is 2.23. The average Bonchev–Trinajstić information content (AvgIpc) is 2.29. The van der Waals surface area contributed by atoms with Crippen LogP contribution in [0.15, 0.2) is 24.3 Å². The number of rotatable bonds is 3. The average molecular weight is 232 g/mol. The van der Waals surface area contributed by atoms with Crippen molar-refractivity contribution in [2.45, 2.75) is 51.6 Å². The van der Waals surface area contributed by atoms with Gasteiger partial charge in [-0.2, -0.15) is 0 Å². The van der Waals surface area contributed by atoms with Crippen molar-refractivity contribution in [2.24, 2.45) is 0 Å². The normalized spacial score (nSPS) is 20.6. The number of benzene rings is 1. The van der Waals surface area contributed by atoms with Gasteiger partial charge >= 0.3 is 0 Å². The van der Waals surface area contributed by atoms with E-state index in [9.17, 15) is 4.79 Å². The molecule has 1 fully saturated rings. The third-order valence-corrected chi connectivity index (χ3v) is 3.29. The summed E-state index contributed by atoms with van der Waals surface area (Å²) >= 11 is 0. The van der Waals surface area contributed by atoms with Gasteiger partial charge in [-0.15, -0.1) is 0 Å². The third-order valence-electron chi connectivity index (χ3n) is 3.29. The Kier molecular flexibility index (Phi) is 3.82. The summed E-state index contributed by atoms with van der Waals surface area (Å²) in [5.74, 6) is 1.76. The molecule has 0 N–H and O–H groups in total.